The number of hydrogen-bond donors (Lipinski definition) is 2. The molecule has 2 heterocycles. The summed E-state index contributed by atoms with van der Waals surface area (Å²) in [5.74, 6) is -1.80. The second-order valence-electron chi connectivity index (χ2n) is 6.89. The lowest BCUT2D eigenvalue weighted by molar-refractivity contribution is -0.384. The Morgan fingerprint density at radius 3 is 2.27 bits per heavy atom. The fourth-order valence-corrected chi connectivity index (χ4v) is 3.79. The van der Waals surface area contributed by atoms with E-state index in [2.05, 4.69) is 10.7 Å². The van der Waals surface area contributed by atoms with Crippen LogP contribution in [0.25, 0.3) is 5.70 Å². The summed E-state index contributed by atoms with van der Waals surface area (Å²) < 4.78 is 41.2. The minimum Gasteiger partial charge on any atom is -0.363 e. The van der Waals surface area contributed by atoms with Crippen LogP contribution >= 0.6 is 11.6 Å². The van der Waals surface area contributed by atoms with Crippen LogP contribution in [0.5, 0.6) is 0 Å². The zero-order chi connectivity index (χ0) is 21.6. The van der Waals surface area contributed by atoms with E-state index >= 15 is 0 Å². The van der Waals surface area contributed by atoms with Crippen molar-refractivity contribution in [1.82, 2.24) is 15.8 Å². The van der Waals surface area contributed by atoms with Crippen molar-refractivity contribution in [3.63, 3.8) is 0 Å². The number of hydrogen-bond acceptors (Lipinski definition) is 5. The SMILES string of the molecule is O=C1C=C(c2ccc([N+](=O)[O-])cc2)NC2C(c3ccc(Cl)cc3)C(C(F)(F)F)NN12. The molecule has 2 aromatic carbocycles. The summed E-state index contributed by atoms with van der Waals surface area (Å²) in [6, 6.07) is 9.36. The molecule has 0 saturated carbocycles. The van der Waals surface area contributed by atoms with Gasteiger partial charge in [-0.1, -0.05) is 23.7 Å². The smallest absolute Gasteiger partial charge is 0.363 e. The number of nitro groups is 1. The van der Waals surface area contributed by atoms with Gasteiger partial charge in [0.15, 0.2) is 0 Å². The molecule has 7 nitrogen and oxygen atoms in total. The highest BCUT2D eigenvalue weighted by molar-refractivity contribution is 6.30. The van der Waals surface area contributed by atoms with Gasteiger partial charge in [-0.2, -0.15) is 13.2 Å². The van der Waals surface area contributed by atoms with Gasteiger partial charge in [-0.25, -0.2) is 5.43 Å². The van der Waals surface area contributed by atoms with Crippen LogP contribution in [0, 0.1) is 10.1 Å². The molecular weight excluding hydrogens is 425 g/mol. The Balaban J connectivity index is 1.71. The van der Waals surface area contributed by atoms with Crippen molar-refractivity contribution >= 4 is 28.9 Å². The highest BCUT2D eigenvalue weighted by Gasteiger charge is 2.57. The van der Waals surface area contributed by atoms with E-state index in [0.717, 1.165) is 11.1 Å². The molecule has 1 saturated heterocycles. The molecule has 0 aliphatic carbocycles. The van der Waals surface area contributed by atoms with Gasteiger partial charge in [0.05, 0.1) is 10.8 Å². The van der Waals surface area contributed by atoms with E-state index < -0.39 is 35.1 Å². The van der Waals surface area contributed by atoms with E-state index in [1.807, 2.05) is 0 Å². The van der Waals surface area contributed by atoms with Crippen LogP contribution in [0.1, 0.15) is 17.0 Å². The van der Waals surface area contributed by atoms with E-state index in [4.69, 9.17) is 11.6 Å². The first-order valence-corrected chi connectivity index (χ1v) is 9.17. The number of fused-ring (bicyclic) bond motifs is 1. The summed E-state index contributed by atoms with van der Waals surface area (Å²) in [6.45, 7) is 0. The van der Waals surface area contributed by atoms with Crippen molar-refractivity contribution in [2.45, 2.75) is 24.3 Å². The summed E-state index contributed by atoms with van der Waals surface area (Å²) in [7, 11) is 0. The molecule has 2 aliphatic rings. The zero-order valence-electron chi connectivity index (χ0n) is 15.1. The Kier molecular flexibility index (Phi) is 4.91. The number of halogens is 4. The second-order valence-corrected chi connectivity index (χ2v) is 7.32. The number of nitrogens with zero attached hydrogens (tertiary/aromatic N) is 2. The van der Waals surface area contributed by atoms with Gasteiger partial charge in [0.1, 0.15) is 12.2 Å². The Bertz CT molecular complexity index is 1020. The number of carbonyl (C=O) groups is 1. The summed E-state index contributed by atoms with van der Waals surface area (Å²) >= 11 is 5.87. The molecule has 2 N–H and O–H groups in total. The molecule has 3 unspecified atom stereocenters. The van der Waals surface area contributed by atoms with E-state index in [1.165, 1.54) is 48.5 Å². The van der Waals surface area contributed by atoms with Crippen molar-refractivity contribution < 1.29 is 22.9 Å². The lowest BCUT2D eigenvalue weighted by Crippen LogP contribution is -2.53. The molecule has 1 fully saturated rings. The van der Waals surface area contributed by atoms with Crippen LogP contribution in [-0.2, 0) is 4.79 Å². The number of nitro benzene ring substituents is 1. The van der Waals surface area contributed by atoms with Crippen molar-refractivity contribution in [2.75, 3.05) is 0 Å². The van der Waals surface area contributed by atoms with Gasteiger partial charge in [-0.05, 0) is 35.4 Å². The maximum atomic E-state index is 13.7. The molecule has 0 radical (unpaired) electrons. The number of carbonyl (C=O) groups excluding carboxylic acids is 1. The predicted molar refractivity (Wildman–Crippen MR) is 102 cm³/mol. The van der Waals surface area contributed by atoms with Crippen LogP contribution in [-0.4, -0.2) is 34.2 Å². The van der Waals surface area contributed by atoms with Gasteiger partial charge in [-0.3, -0.25) is 19.9 Å². The maximum absolute atomic E-state index is 13.7. The van der Waals surface area contributed by atoms with Gasteiger partial charge in [-0.15, -0.1) is 0 Å². The van der Waals surface area contributed by atoms with Gasteiger partial charge in [0.2, 0.25) is 0 Å². The number of amides is 1. The number of benzene rings is 2. The second kappa shape index (κ2) is 7.29. The molecule has 30 heavy (non-hydrogen) atoms. The minimum atomic E-state index is -4.61. The van der Waals surface area contributed by atoms with E-state index in [0.29, 0.717) is 16.1 Å². The first-order chi connectivity index (χ1) is 14.1. The van der Waals surface area contributed by atoms with Crippen molar-refractivity contribution in [3.8, 4) is 0 Å². The minimum absolute atomic E-state index is 0.137. The quantitative estimate of drug-likeness (QED) is 0.565. The summed E-state index contributed by atoms with van der Waals surface area (Å²) in [4.78, 5) is 22.9. The fraction of sp³-hybridized carbons (Fsp3) is 0.211. The van der Waals surface area contributed by atoms with Crippen molar-refractivity contribution in [3.05, 3.63) is 80.9 Å². The Hall–Kier alpha value is -3.11. The van der Waals surface area contributed by atoms with Gasteiger partial charge < -0.3 is 5.32 Å². The normalized spacial score (nSPS) is 23.6. The number of nitrogens with one attached hydrogen (secondary N) is 2. The van der Waals surface area contributed by atoms with Gasteiger partial charge in [0, 0.05) is 28.9 Å². The number of hydrazine groups is 1. The highest BCUT2D eigenvalue weighted by atomic mass is 35.5. The first-order valence-electron chi connectivity index (χ1n) is 8.80. The van der Waals surface area contributed by atoms with E-state index in [1.54, 1.807) is 0 Å². The largest absolute Gasteiger partial charge is 0.406 e. The topological polar surface area (TPSA) is 87.5 Å². The van der Waals surface area contributed by atoms with Crippen LogP contribution in [0.3, 0.4) is 0 Å². The lowest BCUT2D eigenvalue weighted by atomic mass is 9.89. The third-order valence-corrected chi connectivity index (χ3v) is 5.31. The Labute approximate surface area is 173 Å². The molecule has 3 atom stereocenters. The van der Waals surface area contributed by atoms with Gasteiger partial charge >= 0.3 is 6.18 Å². The van der Waals surface area contributed by atoms with Crippen LogP contribution in [0.4, 0.5) is 18.9 Å². The maximum Gasteiger partial charge on any atom is 0.406 e. The molecule has 4 rings (SSSR count). The third-order valence-electron chi connectivity index (χ3n) is 5.06. The van der Waals surface area contributed by atoms with Crippen molar-refractivity contribution in [2.24, 2.45) is 0 Å². The van der Waals surface area contributed by atoms with Crippen molar-refractivity contribution in [1.29, 1.82) is 0 Å². The molecule has 11 heteroatoms. The van der Waals surface area contributed by atoms with E-state index in [-0.39, 0.29) is 11.4 Å². The van der Waals surface area contributed by atoms with Crippen LogP contribution < -0.4 is 10.7 Å². The predicted octanol–water partition coefficient (Wildman–Crippen LogP) is 3.58. The van der Waals surface area contributed by atoms with Crippen LogP contribution in [0.2, 0.25) is 5.02 Å². The summed E-state index contributed by atoms with van der Waals surface area (Å²) in [6.07, 6.45) is -4.49. The molecule has 0 bridgehead atoms. The monoisotopic (exact) mass is 438 g/mol. The fourth-order valence-electron chi connectivity index (χ4n) is 3.67. The summed E-state index contributed by atoms with van der Waals surface area (Å²) in [5.41, 5.74) is 3.21. The lowest BCUT2D eigenvalue weighted by Gasteiger charge is -2.33. The highest BCUT2D eigenvalue weighted by Crippen LogP contribution is 2.41. The Morgan fingerprint density at radius 1 is 1.07 bits per heavy atom. The standard InChI is InChI=1S/C19H14ClF3N4O3/c20-12-5-1-11(2-6-12)16-17(19(21,22)23)25-26-15(28)9-14(24-18(16)26)10-3-7-13(8-4-10)27(29)30/h1-9,16-18,24-25H. The average Bonchev–Trinajstić information content (AvgIpc) is 3.09. The number of rotatable bonds is 3. The Morgan fingerprint density at radius 2 is 1.70 bits per heavy atom. The zero-order valence-corrected chi connectivity index (χ0v) is 15.8. The van der Waals surface area contributed by atoms with Crippen LogP contribution in [0.15, 0.2) is 54.6 Å². The van der Waals surface area contributed by atoms with E-state index in [9.17, 15) is 28.1 Å². The molecule has 2 aliphatic heterocycles. The first kappa shape index (κ1) is 20.2. The third kappa shape index (κ3) is 3.59. The average molecular weight is 439 g/mol. The molecule has 1 amide bonds. The number of non-ortho nitro benzene ring substituents is 1. The summed E-state index contributed by atoms with van der Waals surface area (Å²) in [5, 5.41) is 15.1. The molecule has 2 aromatic rings. The molecule has 0 aromatic heterocycles. The van der Waals surface area contributed by atoms with Gasteiger partial charge in [0.25, 0.3) is 11.6 Å². The number of alkyl halides is 3. The molecule has 156 valence electrons. The molecule has 0 spiro atoms. The molecular formula is C19H14ClF3N4O3.